The van der Waals surface area contributed by atoms with Gasteiger partial charge in [-0.2, -0.15) is 13.2 Å². The third-order valence-corrected chi connectivity index (χ3v) is 6.05. The molecule has 1 spiro atoms. The maximum absolute atomic E-state index is 10.6. The Morgan fingerprint density at radius 3 is 2.42 bits per heavy atom. The number of aromatic nitrogens is 2. The molecule has 0 saturated carbocycles. The third kappa shape index (κ3) is 6.34. The number of piperidine rings is 1. The van der Waals surface area contributed by atoms with Crippen LogP contribution in [0.4, 0.5) is 19.1 Å². The van der Waals surface area contributed by atoms with Gasteiger partial charge in [-0.3, -0.25) is 0 Å². The van der Waals surface area contributed by atoms with Gasteiger partial charge in [0, 0.05) is 62.4 Å². The molecule has 1 aromatic heterocycles. The summed E-state index contributed by atoms with van der Waals surface area (Å²) in [6, 6.07) is 11.2. The van der Waals surface area contributed by atoms with Crippen LogP contribution in [-0.2, 0) is 4.79 Å². The SMILES string of the molecule is CCC(C)NC1CC2(CCN(c3ncccn3)CC2)Oc2ccccc21.O=C(O)C(F)(F)F. The van der Waals surface area contributed by atoms with Crippen LogP contribution in [0, 0.1) is 0 Å². The first-order valence-corrected chi connectivity index (χ1v) is 11.0. The van der Waals surface area contributed by atoms with E-state index in [0.29, 0.717) is 12.1 Å². The first-order valence-electron chi connectivity index (χ1n) is 11.0. The summed E-state index contributed by atoms with van der Waals surface area (Å²) in [5.41, 5.74) is 1.21. The number of hydrogen-bond acceptors (Lipinski definition) is 6. The van der Waals surface area contributed by atoms with Crippen LogP contribution in [0.1, 0.15) is 51.1 Å². The molecule has 0 aliphatic carbocycles. The quantitative estimate of drug-likeness (QED) is 0.692. The zero-order valence-electron chi connectivity index (χ0n) is 18.7. The number of carboxylic acids is 1. The van der Waals surface area contributed by atoms with Gasteiger partial charge < -0.3 is 20.1 Å². The van der Waals surface area contributed by atoms with Crippen molar-refractivity contribution < 1.29 is 27.8 Å². The number of nitrogens with one attached hydrogen (secondary N) is 1. The summed E-state index contributed by atoms with van der Waals surface area (Å²) in [6.07, 6.45) is 2.69. The van der Waals surface area contributed by atoms with E-state index in [4.69, 9.17) is 14.6 Å². The van der Waals surface area contributed by atoms with Crippen LogP contribution in [0.2, 0.25) is 0 Å². The van der Waals surface area contributed by atoms with Crippen LogP contribution in [0.5, 0.6) is 5.75 Å². The maximum Gasteiger partial charge on any atom is 0.490 e. The lowest BCUT2D eigenvalue weighted by molar-refractivity contribution is -0.192. The summed E-state index contributed by atoms with van der Waals surface area (Å²) in [7, 11) is 0. The van der Waals surface area contributed by atoms with Crippen LogP contribution in [0.25, 0.3) is 0 Å². The van der Waals surface area contributed by atoms with Gasteiger partial charge in [0.1, 0.15) is 11.4 Å². The zero-order chi connectivity index (χ0) is 24.1. The topological polar surface area (TPSA) is 87.6 Å². The number of ether oxygens (including phenoxy) is 1. The van der Waals surface area contributed by atoms with Gasteiger partial charge in [-0.1, -0.05) is 25.1 Å². The van der Waals surface area contributed by atoms with Crippen molar-refractivity contribution in [3.05, 3.63) is 48.3 Å². The van der Waals surface area contributed by atoms with Crippen molar-refractivity contribution in [3.63, 3.8) is 0 Å². The van der Waals surface area contributed by atoms with Gasteiger partial charge in [-0.15, -0.1) is 0 Å². The molecule has 1 aromatic carbocycles. The van der Waals surface area contributed by atoms with Gasteiger partial charge in [0.2, 0.25) is 5.95 Å². The monoisotopic (exact) mass is 466 g/mol. The fourth-order valence-corrected chi connectivity index (χ4v) is 4.10. The number of halogens is 3. The smallest absolute Gasteiger partial charge is 0.487 e. The Labute approximate surface area is 191 Å². The number of fused-ring (bicyclic) bond motifs is 1. The predicted octanol–water partition coefficient (Wildman–Crippen LogP) is 4.36. The molecule has 3 heterocycles. The molecule has 0 bridgehead atoms. The average molecular weight is 467 g/mol. The molecule has 33 heavy (non-hydrogen) atoms. The highest BCUT2D eigenvalue weighted by Crippen LogP contribution is 2.44. The van der Waals surface area contributed by atoms with Gasteiger partial charge in [0.05, 0.1) is 0 Å². The molecule has 2 unspecified atom stereocenters. The van der Waals surface area contributed by atoms with E-state index in [1.807, 2.05) is 18.5 Å². The number of rotatable bonds is 4. The number of para-hydroxylation sites is 1. The number of benzene rings is 1. The maximum atomic E-state index is 10.6. The highest BCUT2D eigenvalue weighted by atomic mass is 19.4. The molecule has 2 atom stereocenters. The summed E-state index contributed by atoms with van der Waals surface area (Å²) < 4.78 is 38.3. The third-order valence-electron chi connectivity index (χ3n) is 6.05. The molecule has 4 rings (SSSR count). The molecule has 2 N–H and O–H groups in total. The highest BCUT2D eigenvalue weighted by molar-refractivity contribution is 5.73. The second-order valence-electron chi connectivity index (χ2n) is 8.39. The van der Waals surface area contributed by atoms with Crippen LogP contribution >= 0.6 is 0 Å². The summed E-state index contributed by atoms with van der Waals surface area (Å²) in [5, 5.41) is 10.9. The summed E-state index contributed by atoms with van der Waals surface area (Å²) in [6.45, 7) is 6.36. The second kappa shape index (κ2) is 10.4. The molecule has 2 aliphatic rings. The van der Waals surface area contributed by atoms with E-state index in [9.17, 15) is 13.2 Å². The van der Waals surface area contributed by atoms with E-state index in [0.717, 1.165) is 50.5 Å². The Bertz CT molecular complexity index is 919. The lowest BCUT2D eigenvalue weighted by Crippen LogP contribution is -2.52. The standard InChI is InChI=1S/C21H28N4O.C2HF3O2/c1-3-16(2)24-18-15-21(26-19-8-5-4-7-17(18)19)9-13-25(14-10-21)20-22-11-6-12-23-20;3-2(4,5)1(6)7/h4-8,11-12,16,18,24H,3,9-10,13-15H2,1-2H3;(H,6,7). The number of alkyl halides is 3. The van der Waals surface area contributed by atoms with E-state index >= 15 is 0 Å². The Hall–Kier alpha value is -2.88. The Morgan fingerprint density at radius 2 is 1.85 bits per heavy atom. The molecule has 10 heteroatoms. The zero-order valence-corrected chi connectivity index (χ0v) is 18.7. The van der Waals surface area contributed by atoms with Crippen molar-refractivity contribution in [1.29, 1.82) is 0 Å². The molecule has 2 aliphatic heterocycles. The van der Waals surface area contributed by atoms with Crippen LogP contribution in [-0.4, -0.2) is 52.0 Å². The minimum Gasteiger partial charge on any atom is -0.487 e. The van der Waals surface area contributed by atoms with Gasteiger partial charge in [0.25, 0.3) is 0 Å². The molecule has 1 fully saturated rings. The summed E-state index contributed by atoms with van der Waals surface area (Å²) >= 11 is 0. The molecule has 2 aromatic rings. The molecule has 0 radical (unpaired) electrons. The van der Waals surface area contributed by atoms with Crippen LogP contribution < -0.4 is 15.0 Å². The second-order valence-corrected chi connectivity index (χ2v) is 8.39. The Balaban J connectivity index is 0.000000383. The van der Waals surface area contributed by atoms with E-state index in [1.165, 1.54) is 5.56 Å². The van der Waals surface area contributed by atoms with Gasteiger partial charge in [-0.05, 0) is 25.5 Å². The minimum absolute atomic E-state index is 0.0925. The number of carbonyl (C=O) groups is 1. The number of carboxylic acid groups (broad SMARTS) is 1. The lowest BCUT2D eigenvalue weighted by Gasteiger charge is -2.47. The number of nitrogens with zero attached hydrogens (tertiary/aromatic N) is 3. The fourth-order valence-electron chi connectivity index (χ4n) is 4.10. The van der Waals surface area contributed by atoms with Crippen molar-refractivity contribution in [2.75, 3.05) is 18.0 Å². The van der Waals surface area contributed by atoms with Crippen molar-refractivity contribution in [2.24, 2.45) is 0 Å². The van der Waals surface area contributed by atoms with Crippen molar-refractivity contribution in [1.82, 2.24) is 15.3 Å². The minimum atomic E-state index is -5.08. The average Bonchev–Trinajstić information content (AvgIpc) is 2.80. The van der Waals surface area contributed by atoms with E-state index in [1.54, 1.807) is 0 Å². The molecule has 0 amide bonds. The molecule has 7 nitrogen and oxygen atoms in total. The van der Waals surface area contributed by atoms with E-state index < -0.39 is 12.1 Å². The van der Waals surface area contributed by atoms with Crippen LogP contribution in [0.3, 0.4) is 0 Å². The molecular weight excluding hydrogens is 437 g/mol. The predicted molar refractivity (Wildman–Crippen MR) is 117 cm³/mol. The van der Waals surface area contributed by atoms with Gasteiger partial charge >= 0.3 is 12.1 Å². The number of anilines is 1. The Kier molecular flexibility index (Phi) is 7.78. The largest absolute Gasteiger partial charge is 0.490 e. The van der Waals surface area contributed by atoms with Crippen molar-refractivity contribution in [2.45, 2.75) is 63.4 Å². The summed E-state index contributed by atoms with van der Waals surface area (Å²) in [5.74, 6) is -0.885. The first-order chi connectivity index (χ1) is 15.6. The van der Waals surface area contributed by atoms with Crippen molar-refractivity contribution >= 4 is 11.9 Å². The number of hydrogen-bond donors (Lipinski definition) is 2. The van der Waals surface area contributed by atoms with E-state index in [2.05, 4.69) is 58.3 Å². The van der Waals surface area contributed by atoms with Crippen LogP contribution in [0.15, 0.2) is 42.7 Å². The molecule has 180 valence electrons. The van der Waals surface area contributed by atoms with E-state index in [-0.39, 0.29) is 5.60 Å². The summed E-state index contributed by atoms with van der Waals surface area (Å²) in [4.78, 5) is 20.0. The molecule has 1 saturated heterocycles. The fraction of sp³-hybridized carbons (Fsp3) is 0.522. The number of aliphatic carboxylic acids is 1. The Morgan fingerprint density at radius 1 is 1.24 bits per heavy atom. The van der Waals surface area contributed by atoms with Crippen molar-refractivity contribution in [3.8, 4) is 5.75 Å². The highest BCUT2D eigenvalue weighted by Gasteiger charge is 2.43. The van der Waals surface area contributed by atoms with Gasteiger partial charge in [0.15, 0.2) is 0 Å². The normalized spacial score (nSPS) is 20.2. The van der Waals surface area contributed by atoms with Gasteiger partial charge in [-0.25, -0.2) is 14.8 Å². The molecular formula is C23H29F3N4O3. The lowest BCUT2D eigenvalue weighted by atomic mass is 9.80. The first kappa shape index (κ1) is 24.8.